The second-order valence-electron chi connectivity index (χ2n) is 5.01. The molecule has 7 heteroatoms. The van der Waals surface area contributed by atoms with Gasteiger partial charge in [-0.2, -0.15) is 0 Å². The summed E-state index contributed by atoms with van der Waals surface area (Å²) in [6.45, 7) is 2.04. The van der Waals surface area contributed by atoms with Gasteiger partial charge in [0.05, 0.1) is 12.3 Å². The largest absolute Gasteiger partial charge is 0.480 e. The fourth-order valence-corrected chi connectivity index (χ4v) is 3.06. The molecule has 0 aliphatic carbocycles. The van der Waals surface area contributed by atoms with Crippen LogP contribution < -0.4 is 5.32 Å². The van der Waals surface area contributed by atoms with Gasteiger partial charge in [0, 0.05) is 13.5 Å². The third kappa shape index (κ3) is 4.61. The zero-order valence-corrected chi connectivity index (χ0v) is 13.7. The molecule has 1 aromatic carbocycles. The Bertz CT molecular complexity index is 685. The molecule has 0 saturated carbocycles. The Morgan fingerprint density at radius 3 is 2.65 bits per heavy atom. The molecule has 0 fully saturated rings. The number of carbonyl (C=O) groups excluding carboxylic acids is 1. The van der Waals surface area contributed by atoms with Crippen LogP contribution >= 0.6 is 11.3 Å². The molecule has 2 N–H and O–H groups in total. The third-order valence-electron chi connectivity index (χ3n) is 3.20. The number of carbonyl (C=O) groups is 2. The van der Waals surface area contributed by atoms with Crippen LogP contribution in [0.4, 0.5) is 0 Å². The fourth-order valence-electron chi connectivity index (χ4n) is 2.12. The van der Waals surface area contributed by atoms with Crippen molar-refractivity contribution < 1.29 is 19.4 Å². The molecule has 122 valence electrons. The maximum absolute atomic E-state index is 12.3. The molecule has 1 atom stereocenters. The highest BCUT2D eigenvalue weighted by molar-refractivity contribution is 7.13. The average molecular weight is 334 g/mol. The normalized spacial score (nSPS) is 11.9. The van der Waals surface area contributed by atoms with Crippen molar-refractivity contribution in [3.8, 4) is 0 Å². The molecule has 0 aliphatic rings. The van der Waals surface area contributed by atoms with Crippen molar-refractivity contribution in [1.29, 1.82) is 0 Å². The number of aliphatic carboxylic acids is 1. The van der Waals surface area contributed by atoms with Gasteiger partial charge in [0.15, 0.2) is 0 Å². The van der Waals surface area contributed by atoms with Crippen LogP contribution in [-0.2, 0) is 22.6 Å². The van der Waals surface area contributed by atoms with E-state index in [1.807, 2.05) is 30.3 Å². The molecular formula is C16H18N2O4S. The van der Waals surface area contributed by atoms with Gasteiger partial charge in [-0.1, -0.05) is 30.3 Å². The van der Waals surface area contributed by atoms with Crippen molar-refractivity contribution in [2.45, 2.75) is 26.0 Å². The number of ether oxygens (including phenoxy) is 1. The monoisotopic (exact) mass is 334 g/mol. The van der Waals surface area contributed by atoms with Crippen molar-refractivity contribution in [1.82, 2.24) is 10.3 Å². The van der Waals surface area contributed by atoms with Gasteiger partial charge >= 0.3 is 5.97 Å². The van der Waals surface area contributed by atoms with Crippen LogP contribution in [0.25, 0.3) is 0 Å². The van der Waals surface area contributed by atoms with E-state index >= 15 is 0 Å². The van der Waals surface area contributed by atoms with E-state index in [-0.39, 0.29) is 6.42 Å². The summed E-state index contributed by atoms with van der Waals surface area (Å²) in [7, 11) is 1.55. The molecule has 2 rings (SSSR count). The summed E-state index contributed by atoms with van der Waals surface area (Å²) in [5, 5.41) is 12.6. The van der Waals surface area contributed by atoms with Crippen LogP contribution in [0.2, 0.25) is 0 Å². The molecule has 1 heterocycles. The Morgan fingerprint density at radius 2 is 2.04 bits per heavy atom. The Labute approximate surface area is 138 Å². The highest BCUT2D eigenvalue weighted by Gasteiger charge is 2.23. The average Bonchev–Trinajstić information content (AvgIpc) is 2.88. The number of amides is 1. The van der Waals surface area contributed by atoms with Gasteiger partial charge in [0.2, 0.25) is 0 Å². The molecule has 2 aromatic rings. The predicted molar refractivity (Wildman–Crippen MR) is 86.6 cm³/mol. The zero-order chi connectivity index (χ0) is 16.8. The van der Waals surface area contributed by atoms with Gasteiger partial charge in [-0.3, -0.25) is 4.79 Å². The fraction of sp³-hybridized carbons (Fsp3) is 0.312. The minimum Gasteiger partial charge on any atom is -0.480 e. The number of carboxylic acid groups (broad SMARTS) is 1. The zero-order valence-electron chi connectivity index (χ0n) is 12.9. The lowest BCUT2D eigenvalue weighted by Gasteiger charge is -2.14. The van der Waals surface area contributed by atoms with Crippen LogP contribution in [0.3, 0.4) is 0 Å². The van der Waals surface area contributed by atoms with E-state index in [9.17, 15) is 14.7 Å². The van der Waals surface area contributed by atoms with Crippen molar-refractivity contribution in [3.05, 3.63) is 51.5 Å². The van der Waals surface area contributed by atoms with Crippen LogP contribution in [0.1, 0.15) is 25.9 Å². The minimum atomic E-state index is -1.07. The molecule has 1 amide bonds. The Balaban J connectivity index is 2.10. The van der Waals surface area contributed by atoms with Crippen LogP contribution in [-0.4, -0.2) is 35.1 Å². The smallest absolute Gasteiger partial charge is 0.326 e. The van der Waals surface area contributed by atoms with Crippen LogP contribution in [0.15, 0.2) is 30.3 Å². The van der Waals surface area contributed by atoms with Crippen molar-refractivity contribution in [3.63, 3.8) is 0 Å². The van der Waals surface area contributed by atoms with Crippen molar-refractivity contribution in [2.24, 2.45) is 0 Å². The number of hydrogen-bond acceptors (Lipinski definition) is 5. The quantitative estimate of drug-likeness (QED) is 0.809. The van der Waals surface area contributed by atoms with Gasteiger partial charge in [-0.25, -0.2) is 9.78 Å². The van der Waals surface area contributed by atoms with Gasteiger partial charge in [0.25, 0.3) is 5.91 Å². The number of rotatable bonds is 7. The SMILES string of the molecule is COCc1nc(C)c(C(=O)N[C@@H](Cc2ccccc2)C(=O)O)s1. The van der Waals surface area contributed by atoms with E-state index in [0.717, 1.165) is 5.56 Å². The van der Waals surface area contributed by atoms with Crippen molar-refractivity contribution >= 4 is 23.2 Å². The van der Waals surface area contributed by atoms with E-state index in [1.165, 1.54) is 11.3 Å². The molecule has 0 spiro atoms. The number of nitrogens with zero attached hydrogens (tertiary/aromatic N) is 1. The number of hydrogen-bond donors (Lipinski definition) is 2. The van der Waals surface area contributed by atoms with Crippen LogP contribution in [0, 0.1) is 6.92 Å². The Kier molecular flexibility index (Phi) is 5.84. The Morgan fingerprint density at radius 1 is 1.35 bits per heavy atom. The number of carboxylic acids is 1. The summed E-state index contributed by atoms with van der Waals surface area (Å²) >= 11 is 1.21. The topological polar surface area (TPSA) is 88.5 Å². The first-order chi connectivity index (χ1) is 11.0. The number of aryl methyl sites for hydroxylation is 1. The second kappa shape index (κ2) is 7.85. The van der Waals surface area contributed by atoms with Gasteiger partial charge in [-0.05, 0) is 12.5 Å². The first-order valence-corrected chi connectivity index (χ1v) is 7.85. The molecule has 1 aromatic heterocycles. The number of nitrogens with one attached hydrogen (secondary N) is 1. The lowest BCUT2D eigenvalue weighted by Crippen LogP contribution is -2.42. The maximum atomic E-state index is 12.3. The number of methoxy groups -OCH3 is 1. The summed E-state index contributed by atoms with van der Waals surface area (Å²) < 4.78 is 5.00. The van der Waals surface area contributed by atoms with E-state index in [4.69, 9.17) is 4.74 Å². The van der Waals surface area contributed by atoms with Gasteiger partial charge in [0.1, 0.15) is 15.9 Å². The number of thiazole rings is 1. The second-order valence-corrected chi connectivity index (χ2v) is 6.09. The first kappa shape index (κ1) is 17.1. The maximum Gasteiger partial charge on any atom is 0.326 e. The summed E-state index contributed by atoms with van der Waals surface area (Å²) in [4.78, 5) is 28.4. The van der Waals surface area contributed by atoms with Crippen LogP contribution in [0.5, 0.6) is 0 Å². The van der Waals surface area contributed by atoms with Gasteiger partial charge in [-0.15, -0.1) is 11.3 Å². The van der Waals surface area contributed by atoms with Crippen molar-refractivity contribution in [2.75, 3.05) is 7.11 Å². The molecule has 0 unspecified atom stereocenters. The standard InChI is InChI=1S/C16H18N2O4S/c1-10-14(23-13(17-10)9-22-2)15(19)18-12(16(20)21)8-11-6-4-3-5-7-11/h3-7,12H,8-9H2,1-2H3,(H,18,19)(H,20,21)/t12-/m0/s1. The van der Waals surface area contributed by atoms with Gasteiger partial charge < -0.3 is 15.2 Å². The molecular weight excluding hydrogens is 316 g/mol. The molecule has 0 radical (unpaired) electrons. The van der Waals surface area contributed by atoms with E-state index in [2.05, 4.69) is 10.3 Å². The molecule has 0 saturated heterocycles. The highest BCUT2D eigenvalue weighted by atomic mass is 32.1. The predicted octanol–water partition coefficient (Wildman–Crippen LogP) is 2.02. The number of benzene rings is 1. The summed E-state index contributed by atoms with van der Waals surface area (Å²) in [5.41, 5.74) is 1.42. The lowest BCUT2D eigenvalue weighted by atomic mass is 10.1. The Hall–Kier alpha value is -2.25. The number of aromatic nitrogens is 1. The highest BCUT2D eigenvalue weighted by Crippen LogP contribution is 2.19. The molecule has 23 heavy (non-hydrogen) atoms. The van der Waals surface area contributed by atoms with E-state index in [1.54, 1.807) is 14.0 Å². The lowest BCUT2D eigenvalue weighted by molar-refractivity contribution is -0.139. The first-order valence-electron chi connectivity index (χ1n) is 7.04. The summed E-state index contributed by atoms with van der Waals surface area (Å²) in [6, 6.07) is 8.20. The molecule has 0 bridgehead atoms. The summed E-state index contributed by atoms with van der Waals surface area (Å²) in [6.07, 6.45) is 0.227. The minimum absolute atomic E-state index is 0.227. The molecule has 0 aliphatic heterocycles. The van der Waals surface area contributed by atoms with E-state index in [0.29, 0.717) is 22.2 Å². The third-order valence-corrected chi connectivity index (χ3v) is 4.33. The molecule has 6 nitrogen and oxygen atoms in total. The van der Waals surface area contributed by atoms with E-state index < -0.39 is 17.9 Å². The summed E-state index contributed by atoms with van der Waals surface area (Å²) in [5.74, 6) is -1.49.